The number of carbonyl (C=O) groups is 1. The van der Waals surface area contributed by atoms with Crippen molar-refractivity contribution in [3.8, 4) is 0 Å². The highest BCUT2D eigenvalue weighted by molar-refractivity contribution is 7.98. The Balaban J connectivity index is 2.10. The second-order valence-corrected chi connectivity index (χ2v) is 5.83. The van der Waals surface area contributed by atoms with Crippen molar-refractivity contribution < 1.29 is 14.3 Å². The second-order valence-electron chi connectivity index (χ2n) is 4.95. The largest absolute Gasteiger partial charge is 0.392 e. The molecule has 0 atom stereocenters. The number of rotatable bonds is 5. The average molecular weight is 319 g/mol. The summed E-state index contributed by atoms with van der Waals surface area (Å²) in [6, 6.07) is 10.2. The van der Waals surface area contributed by atoms with Crippen LogP contribution in [-0.2, 0) is 13.2 Å². The molecule has 22 heavy (non-hydrogen) atoms. The van der Waals surface area contributed by atoms with Gasteiger partial charge in [0.25, 0.3) is 5.91 Å². The molecule has 3 nitrogen and oxygen atoms in total. The minimum absolute atomic E-state index is 0.164. The van der Waals surface area contributed by atoms with Gasteiger partial charge in [-0.15, -0.1) is 11.8 Å². The molecule has 0 aliphatic rings. The van der Waals surface area contributed by atoms with Gasteiger partial charge in [-0.05, 0) is 48.6 Å². The first-order valence-electron chi connectivity index (χ1n) is 6.86. The van der Waals surface area contributed by atoms with Gasteiger partial charge in [0.15, 0.2) is 0 Å². The highest BCUT2D eigenvalue weighted by Crippen LogP contribution is 2.19. The molecular formula is C17H18FNO2S. The lowest BCUT2D eigenvalue weighted by Crippen LogP contribution is -2.23. The standard InChI is InChI=1S/C17H18FNO2S/c1-11-3-5-14(22-2)8-15(11)17(21)19-9-12-4-6-16(18)13(7-12)10-20/h3-8,20H,9-10H2,1-2H3,(H,19,21). The minimum atomic E-state index is -0.443. The maximum absolute atomic E-state index is 13.3. The Morgan fingerprint density at radius 1 is 1.27 bits per heavy atom. The number of nitrogens with one attached hydrogen (secondary N) is 1. The first-order valence-corrected chi connectivity index (χ1v) is 8.08. The molecule has 0 heterocycles. The molecular weight excluding hydrogens is 301 g/mol. The molecule has 0 radical (unpaired) electrons. The van der Waals surface area contributed by atoms with Crippen LogP contribution in [0.3, 0.4) is 0 Å². The summed E-state index contributed by atoms with van der Waals surface area (Å²) in [6.45, 7) is 1.82. The highest BCUT2D eigenvalue weighted by atomic mass is 32.2. The van der Waals surface area contributed by atoms with Crippen molar-refractivity contribution in [2.24, 2.45) is 0 Å². The van der Waals surface area contributed by atoms with E-state index in [9.17, 15) is 9.18 Å². The topological polar surface area (TPSA) is 49.3 Å². The molecule has 116 valence electrons. The van der Waals surface area contributed by atoms with E-state index in [-0.39, 0.29) is 24.6 Å². The Morgan fingerprint density at radius 3 is 2.73 bits per heavy atom. The number of aliphatic hydroxyl groups is 1. The van der Waals surface area contributed by atoms with E-state index in [0.29, 0.717) is 5.56 Å². The van der Waals surface area contributed by atoms with E-state index >= 15 is 0 Å². The zero-order valence-corrected chi connectivity index (χ0v) is 13.3. The summed E-state index contributed by atoms with van der Waals surface area (Å²) in [5.41, 5.74) is 2.52. The minimum Gasteiger partial charge on any atom is -0.392 e. The van der Waals surface area contributed by atoms with Crippen LogP contribution in [0, 0.1) is 12.7 Å². The monoisotopic (exact) mass is 319 g/mol. The summed E-state index contributed by atoms with van der Waals surface area (Å²) in [6.07, 6.45) is 1.96. The average Bonchev–Trinajstić information content (AvgIpc) is 2.54. The van der Waals surface area contributed by atoms with Crippen molar-refractivity contribution in [2.45, 2.75) is 25.0 Å². The fraction of sp³-hybridized carbons (Fsp3) is 0.235. The number of aryl methyl sites for hydroxylation is 1. The van der Waals surface area contributed by atoms with E-state index < -0.39 is 5.82 Å². The van der Waals surface area contributed by atoms with Crippen LogP contribution in [0.5, 0.6) is 0 Å². The molecule has 1 amide bonds. The number of benzene rings is 2. The number of hydrogen-bond acceptors (Lipinski definition) is 3. The van der Waals surface area contributed by atoms with Gasteiger partial charge in [-0.25, -0.2) is 4.39 Å². The molecule has 2 aromatic rings. The van der Waals surface area contributed by atoms with Gasteiger partial charge in [-0.3, -0.25) is 4.79 Å². The third kappa shape index (κ3) is 3.87. The molecule has 0 saturated heterocycles. The van der Waals surface area contributed by atoms with Gasteiger partial charge in [-0.2, -0.15) is 0 Å². The highest BCUT2D eigenvalue weighted by Gasteiger charge is 2.10. The van der Waals surface area contributed by atoms with Crippen LogP contribution in [0.15, 0.2) is 41.3 Å². The van der Waals surface area contributed by atoms with Gasteiger partial charge in [0.2, 0.25) is 0 Å². The van der Waals surface area contributed by atoms with Crippen LogP contribution in [0.1, 0.15) is 27.0 Å². The number of aliphatic hydroxyl groups excluding tert-OH is 1. The third-order valence-electron chi connectivity index (χ3n) is 3.42. The van der Waals surface area contributed by atoms with Crippen LogP contribution in [0.4, 0.5) is 4.39 Å². The van der Waals surface area contributed by atoms with Crippen LogP contribution in [-0.4, -0.2) is 17.3 Å². The predicted molar refractivity (Wildman–Crippen MR) is 86.5 cm³/mol. The fourth-order valence-electron chi connectivity index (χ4n) is 2.11. The van der Waals surface area contributed by atoms with Gasteiger partial charge in [-0.1, -0.05) is 12.1 Å². The SMILES string of the molecule is CSc1ccc(C)c(C(=O)NCc2ccc(F)c(CO)c2)c1. The summed E-state index contributed by atoms with van der Waals surface area (Å²) in [5, 5.41) is 11.9. The fourth-order valence-corrected chi connectivity index (χ4v) is 2.55. The Morgan fingerprint density at radius 2 is 2.05 bits per heavy atom. The molecule has 0 aromatic heterocycles. The number of thioether (sulfide) groups is 1. The second kappa shape index (κ2) is 7.42. The summed E-state index contributed by atoms with van der Waals surface area (Å²) in [4.78, 5) is 13.3. The first kappa shape index (κ1) is 16.5. The third-order valence-corrected chi connectivity index (χ3v) is 4.15. The van der Waals surface area contributed by atoms with Crippen LogP contribution >= 0.6 is 11.8 Å². The van der Waals surface area contributed by atoms with E-state index in [1.807, 2.05) is 31.4 Å². The predicted octanol–water partition coefficient (Wildman–Crippen LogP) is 3.28. The molecule has 5 heteroatoms. The molecule has 0 fully saturated rings. The number of halogens is 1. The van der Waals surface area contributed by atoms with E-state index in [1.54, 1.807) is 23.9 Å². The summed E-state index contributed by atoms with van der Waals surface area (Å²) in [5.74, 6) is -0.607. The zero-order valence-electron chi connectivity index (χ0n) is 12.5. The van der Waals surface area contributed by atoms with Crippen molar-refractivity contribution >= 4 is 17.7 Å². The van der Waals surface area contributed by atoms with Gasteiger partial charge < -0.3 is 10.4 Å². The van der Waals surface area contributed by atoms with E-state index in [1.165, 1.54) is 6.07 Å². The summed E-state index contributed by atoms with van der Waals surface area (Å²) < 4.78 is 13.3. The molecule has 0 unspecified atom stereocenters. The lowest BCUT2D eigenvalue weighted by Gasteiger charge is -2.10. The summed E-state index contributed by atoms with van der Waals surface area (Å²) in [7, 11) is 0. The first-order chi connectivity index (χ1) is 10.5. The van der Waals surface area contributed by atoms with Crippen LogP contribution < -0.4 is 5.32 Å². The van der Waals surface area contributed by atoms with Gasteiger partial charge in [0.05, 0.1) is 6.61 Å². The summed E-state index contributed by atoms with van der Waals surface area (Å²) >= 11 is 1.58. The Kier molecular flexibility index (Phi) is 5.57. The normalized spacial score (nSPS) is 10.5. The van der Waals surface area contributed by atoms with Crippen molar-refractivity contribution in [3.63, 3.8) is 0 Å². The van der Waals surface area contributed by atoms with Crippen molar-refractivity contribution in [1.29, 1.82) is 0 Å². The van der Waals surface area contributed by atoms with Crippen molar-refractivity contribution in [2.75, 3.05) is 6.26 Å². The molecule has 0 saturated carbocycles. The van der Waals surface area contributed by atoms with Crippen molar-refractivity contribution in [3.05, 3.63) is 64.5 Å². The van der Waals surface area contributed by atoms with Gasteiger partial charge >= 0.3 is 0 Å². The lowest BCUT2D eigenvalue weighted by molar-refractivity contribution is 0.0950. The quantitative estimate of drug-likeness (QED) is 0.832. The zero-order chi connectivity index (χ0) is 16.1. The molecule has 0 bridgehead atoms. The molecule has 2 N–H and O–H groups in total. The number of hydrogen-bond donors (Lipinski definition) is 2. The van der Waals surface area contributed by atoms with Crippen molar-refractivity contribution in [1.82, 2.24) is 5.32 Å². The molecule has 0 aliphatic carbocycles. The van der Waals surface area contributed by atoms with E-state index in [2.05, 4.69) is 5.32 Å². The Hall–Kier alpha value is -1.85. The van der Waals surface area contributed by atoms with Gasteiger partial charge in [0, 0.05) is 22.6 Å². The molecule has 0 aliphatic heterocycles. The van der Waals surface area contributed by atoms with Crippen LogP contribution in [0.2, 0.25) is 0 Å². The Labute approximate surface area is 133 Å². The van der Waals surface area contributed by atoms with Gasteiger partial charge in [0.1, 0.15) is 5.82 Å². The van der Waals surface area contributed by atoms with E-state index in [0.717, 1.165) is 16.0 Å². The molecule has 0 spiro atoms. The van der Waals surface area contributed by atoms with Crippen LogP contribution in [0.25, 0.3) is 0 Å². The number of amides is 1. The van der Waals surface area contributed by atoms with E-state index in [4.69, 9.17) is 5.11 Å². The molecule has 2 rings (SSSR count). The number of carbonyl (C=O) groups excluding carboxylic acids is 1. The lowest BCUT2D eigenvalue weighted by atomic mass is 10.1. The molecule has 2 aromatic carbocycles. The Bertz CT molecular complexity index is 688. The maximum atomic E-state index is 13.3. The maximum Gasteiger partial charge on any atom is 0.251 e. The smallest absolute Gasteiger partial charge is 0.251 e.